The molecule has 0 bridgehead atoms. The van der Waals surface area contributed by atoms with Crippen LogP contribution in [0.15, 0.2) is 0 Å². The fourth-order valence-electron chi connectivity index (χ4n) is 0.824. The summed E-state index contributed by atoms with van der Waals surface area (Å²) in [5.74, 6) is -1.73. The quantitative estimate of drug-likeness (QED) is 0.471. The van der Waals surface area contributed by atoms with E-state index in [-0.39, 0.29) is 0 Å². The van der Waals surface area contributed by atoms with Crippen molar-refractivity contribution in [3.05, 3.63) is 0 Å². The molecule has 0 spiro atoms. The fourth-order valence-corrected chi connectivity index (χ4v) is 0.824. The first-order valence-corrected chi connectivity index (χ1v) is 4.63. The third kappa shape index (κ3) is 3.85. The van der Waals surface area contributed by atoms with Crippen LogP contribution in [0.2, 0.25) is 0 Å². The molecule has 0 aliphatic carbocycles. The van der Waals surface area contributed by atoms with Crippen LogP contribution in [0, 0.1) is 0 Å². The lowest BCUT2D eigenvalue weighted by molar-refractivity contribution is -0.145. The monoisotopic (exact) mass is 218 g/mol. The van der Waals surface area contributed by atoms with Crippen molar-refractivity contribution in [3.63, 3.8) is 0 Å². The third-order valence-electron chi connectivity index (χ3n) is 2.23. The summed E-state index contributed by atoms with van der Waals surface area (Å²) in [6, 6.07) is -1.29. The molecule has 0 aromatic carbocycles. The number of carboxylic acid groups (broad SMARTS) is 1. The zero-order chi connectivity index (χ0) is 12.2. The zero-order valence-corrected chi connectivity index (χ0v) is 9.37. The lowest BCUT2D eigenvalue weighted by Crippen LogP contribution is -2.57. The Bertz CT molecular complexity index is 250. The van der Waals surface area contributed by atoms with Crippen molar-refractivity contribution < 1.29 is 19.8 Å². The van der Waals surface area contributed by atoms with Crippen LogP contribution in [0.4, 0.5) is 0 Å². The van der Waals surface area contributed by atoms with Crippen LogP contribution in [-0.4, -0.2) is 46.8 Å². The van der Waals surface area contributed by atoms with Gasteiger partial charge in [-0.15, -0.1) is 0 Å². The molecule has 0 saturated carbocycles. The molecule has 0 aromatic heterocycles. The maximum absolute atomic E-state index is 11.6. The summed E-state index contributed by atoms with van der Waals surface area (Å²) in [6.45, 7) is 4.54. The number of carbonyl (C=O) groups is 2. The van der Waals surface area contributed by atoms with Gasteiger partial charge in [0.1, 0.15) is 0 Å². The number of carboxylic acids is 1. The van der Waals surface area contributed by atoms with Gasteiger partial charge in [-0.25, -0.2) is 4.79 Å². The number of aliphatic carboxylic acids is 1. The fraction of sp³-hybridized carbons (Fsp3) is 0.778. The average Bonchev–Trinajstić information content (AvgIpc) is 2.12. The Morgan fingerprint density at radius 2 is 1.80 bits per heavy atom. The molecule has 0 unspecified atom stereocenters. The highest BCUT2D eigenvalue weighted by atomic mass is 16.4. The first-order valence-electron chi connectivity index (χ1n) is 4.63. The standard InChI is InChI=1S/C9H18N2O4/c1-5(12)6(7(13)14)11-8(15)9(2,3)10-4/h5-6,10,12H,1-4H3,(H,11,15)(H,13,14)/t5-,6+/m1/s1. The summed E-state index contributed by atoms with van der Waals surface area (Å²) >= 11 is 0. The molecule has 0 fully saturated rings. The number of hydrogen-bond donors (Lipinski definition) is 4. The van der Waals surface area contributed by atoms with E-state index in [4.69, 9.17) is 10.2 Å². The summed E-state index contributed by atoms with van der Waals surface area (Å²) in [4.78, 5) is 22.3. The molecule has 0 aliphatic heterocycles. The molecule has 88 valence electrons. The van der Waals surface area contributed by atoms with E-state index in [1.807, 2.05) is 0 Å². The first kappa shape index (κ1) is 13.9. The Balaban J connectivity index is 4.57. The molecule has 0 radical (unpaired) electrons. The number of aliphatic hydroxyl groups excluding tert-OH is 1. The predicted octanol–water partition coefficient (Wildman–Crippen LogP) is -1.07. The van der Waals surface area contributed by atoms with Crippen LogP contribution >= 0.6 is 0 Å². The number of likely N-dealkylation sites (N-methyl/N-ethyl adjacent to an activating group) is 1. The average molecular weight is 218 g/mol. The molecule has 15 heavy (non-hydrogen) atoms. The van der Waals surface area contributed by atoms with Gasteiger partial charge in [-0.3, -0.25) is 4.79 Å². The van der Waals surface area contributed by atoms with Gasteiger partial charge in [-0.1, -0.05) is 0 Å². The third-order valence-corrected chi connectivity index (χ3v) is 2.23. The molecular weight excluding hydrogens is 200 g/mol. The Kier molecular flexibility index (Phi) is 4.70. The van der Waals surface area contributed by atoms with Gasteiger partial charge < -0.3 is 20.8 Å². The molecule has 2 atom stereocenters. The lowest BCUT2D eigenvalue weighted by Gasteiger charge is -2.26. The van der Waals surface area contributed by atoms with E-state index in [0.717, 1.165) is 0 Å². The van der Waals surface area contributed by atoms with E-state index in [0.29, 0.717) is 0 Å². The van der Waals surface area contributed by atoms with Gasteiger partial charge in [0.2, 0.25) is 5.91 Å². The number of amides is 1. The van der Waals surface area contributed by atoms with Crippen LogP contribution in [0.5, 0.6) is 0 Å². The van der Waals surface area contributed by atoms with Crippen LogP contribution < -0.4 is 10.6 Å². The largest absolute Gasteiger partial charge is 0.480 e. The number of hydrogen-bond acceptors (Lipinski definition) is 4. The second kappa shape index (κ2) is 5.09. The van der Waals surface area contributed by atoms with Crippen LogP contribution in [0.25, 0.3) is 0 Å². The van der Waals surface area contributed by atoms with E-state index in [9.17, 15) is 9.59 Å². The van der Waals surface area contributed by atoms with E-state index < -0.39 is 29.6 Å². The molecule has 0 saturated heterocycles. The normalized spacial score (nSPS) is 15.5. The number of carbonyl (C=O) groups excluding carboxylic acids is 1. The van der Waals surface area contributed by atoms with Gasteiger partial charge in [0, 0.05) is 0 Å². The van der Waals surface area contributed by atoms with Gasteiger partial charge in [0.25, 0.3) is 0 Å². The van der Waals surface area contributed by atoms with E-state index in [2.05, 4.69) is 10.6 Å². The highest BCUT2D eigenvalue weighted by Gasteiger charge is 2.31. The molecule has 6 nitrogen and oxygen atoms in total. The molecule has 1 amide bonds. The topological polar surface area (TPSA) is 98.7 Å². The zero-order valence-electron chi connectivity index (χ0n) is 9.37. The summed E-state index contributed by atoms with van der Waals surface area (Å²) < 4.78 is 0. The summed E-state index contributed by atoms with van der Waals surface area (Å²) in [5.41, 5.74) is -0.872. The van der Waals surface area contributed by atoms with Crippen molar-refractivity contribution in [2.24, 2.45) is 0 Å². The highest BCUT2D eigenvalue weighted by molar-refractivity contribution is 5.89. The predicted molar refractivity (Wildman–Crippen MR) is 54.4 cm³/mol. The van der Waals surface area contributed by atoms with Crippen molar-refractivity contribution in [1.82, 2.24) is 10.6 Å². The summed E-state index contributed by atoms with van der Waals surface area (Å²) in [5, 5.41) is 22.9. The minimum atomic E-state index is -1.29. The van der Waals surface area contributed by atoms with Gasteiger partial charge in [0.05, 0.1) is 11.6 Å². The maximum Gasteiger partial charge on any atom is 0.328 e. The van der Waals surface area contributed by atoms with Gasteiger partial charge in [0.15, 0.2) is 6.04 Å². The molecule has 0 heterocycles. The minimum Gasteiger partial charge on any atom is -0.480 e. The molecule has 0 rings (SSSR count). The van der Waals surface area contributed by atoms with Gasteiger partial charge in [-0.2, -0.15) is 0 Å². The van der Waals surface area contributed by atoms with E-state index >= 15 is 0 Å². The van der Waals surface area contributed by atoms with E-state index in [1.54, 1.807) is 20.9 Å². The van der Waals surface area contributed by atoms with Crippen LogP contribution in [0.1, 0.15) is 20.8 Å². The van der Waals surface area contributed by atoms with E-state index in [1.165, 1.54) is 6.92 Å². The smallest absolute Gasteiger partial charge is 0.328 e. The molecular formula is C9H18N2O4. The Labute approximate surface area is 88.7 Å². The van der Waals surface area contributed by atoms with Crippen molar-refractivity contribution in [3.8, 4) is 0 Å². The van der Waals surface area contributed by atoms with Crippen LogP contribution in [-0.2, 0) is 9.59 Å². The Morgan fingerprint density at radius 1 is 1.33 bits per heavy atom. The van der Waals surface area contributed by atoms with Gasteiger partial charge >= 0.3 is 5.97 Å². The van der Waals surface area contributed by atoms with Crippen molar-refractivity contribution in [2.45, 2.75) is 38.5 Å². The minimum absolute atomic E-state index is 0.474. The van der Waals surface area contributed by atoms with Crippen LogP contribution in [0.3, 0.4) is 0 Å². The second-order valence-electron chi connectivity index (χ2n) is 3.90. The van der Waals surface area contributed by atoms with Crippen molar-refractivity contribution >= 4 is 11.9 Å². The number of aliphatic hydroxyl groups is 1. The highest BCUT2D eigenvalue weighted by Crippen LogP contribution is 2.03. The summed E-state index contributed by atoms with van der Waals surface area (Å²) in [7, 11) is 1.59. The van der Waals surface area contributed by atoms with Crippen molar-refractivity contribution in [2.75, 3.05) is 7.05 Å². The number of rotatable bonds is 5. The lowest BCUT2D eigenvalue weighted by atomic mass is 10.0. The first-order chi connectivity index (χ1) is 6.72. The second-order valence-corrected chi connectivity index (χ2v) is 3.90. The van der Waals surface area contributed by atoms with Gasteiger partial charge in [-0.05, 0) is 27.8 Å². The SMILES string of the molecule is CNC(C)(C)C(=O)N[C@H](C(=O)O)[C@@H](C)O. The summed E-state index contributed by atoms with van der Waals surface area (Å²) in [6.07, 6.45) is -1.14. The maximum atomic E-state index is 11.6. The number of nitrogens with one attached hydrogen (secondary N) is 2. The molecule has 4 N–H and O–H groups in total. The molecule has 0 aliphatic rings. The Morgan fingerprint density at radius 3 is 2.07 bits per heavy atom. The molecule has 6 heteroatoms. The Hall–Kier alpha value is -1.14. The molecule has 0 aromatic rings. The van der Waals surface area contributed by atoms with Crippen molar-refractivity contribution in [1.29, 1.82) is 0 Å².